The van der Waals surface area contributed by atoms with Crippen molar-refractivity contribution in [2.75, 3.05) is 0 Å². The zero-order valence-corrected chi connectivity index (χ0v) is 11.1. The fourth-order valence-corrected chi connectivity index (χ4v) is 2.36. The average Bonchev–Trinajstić information content (AvgIpc) is 2.47. The van der Waals surface area contributed by atoms with Crippen LogP contribution in [0.15, 0.2) is 67.2 Å². The van der Waals surface area contributed by atoms with Gasteiger partial charge in [0.2, 0.25) is 0 Å². The lowest BCUT2D eigenvalue weighted by Crippen LogP contribution is -1.81. The van der Waals surface area contributed by atoms with E-state index in [1.54, 1.807) is 0 Å². The molecule has 19 heavy (non-hydrogen) atoms. The summed E-state index contributed by atoms with van der Waals surface area (Å²) in [6.45, 7) is 5.91. The molecule has 3 aromatic rings. The molecule has 0 atom stereocenters. The maximum absolute atomic E-state index is 3.78. The minimum Gasteiger partial charge on any atom is -0.0985 e. The summed E-state index contributed by atoms with van der Waals surface area (Å²) < 4.78 is 0. The summed E-state index contributed by atoms with van der Waals surface area (Å²) in [7, 11) is 0. The van der Waals surface area contributed by atoms with Gasteiger partial charge in [0.25, 0.3) is 0 Å². The van der Waals surface area contributed by atoms with Gasteiger partial charge in [-0.2, -0.15) is 0 Å². The third-order valence-electron chi connectivity index (χ3n) is 3.48. The lowest BCUT2D eigenvalue weighted by Gasteiger charge is -2.05. The highest BCUT2D eigenvalue weighted by Crippen LogP contribution is 2.25. The molecule has 0 aromatic heterocycles. The molecule has 0 fully saturated rings. The Bertz CT molecular complexity index is 734. The summed E-state index contributed by atoms with van der Waals surface area (Å²) in [5, 5.41) is 2.59. The van der Waals surface area contributed by atoms with E-state index in [-0.39, 0.29) is 0 Å². The molecule has 0 saturated carbocycles. The molecule has 0 aliphatic rings. The molecule has 0 nitrogen and oxygen atoms in total. The number of rotatable bonds is 2. The quantitative estimate of drug-likeness (QED) is 0.561. The van der Waals surface area contributed by atoms with Crippen LogP contribution in [0.2, 0.25) is 0 Å². The van der Waals surface area contributed by atoms with Crippen molar-refractivity contribution < 1.29 is 0 Å². The molecule has 0 aliphatic heterocycles. The van der Waals surface area contributed by atoms with Gasteiger partial charge in [0.05, 0.1) is 0 Å². The number of hydrogen-bond acceptors (Lipinski definition) is 0. The first-order chi connectivity index (χ1) is 9.26. The summed E-state index contributed by atoms with van der Waals surface area (Å²) >= 11 is 0. The Morgan fingerprint density at radius 3 is 2.11 bits per heavy atom. The molecule has 3 aromatic carbocycles. The molecule has 0 heterocycles. The van der Waals surface area contributed by atoms with E-state index < -0.39 is 0 Å². The molecule has 0 amide bonds. The normalized spacial score (nSPS) is 10.6. The van der Waals surface area contributed by atoms with E-state index in [1.165, 1.54) is 27.5 Å². The predicted octanol–water partition coefficient (Wildman–Crippen LogP) is 5.46. The Labute approximate surface area is 114 Å². The third kappa shape index (κ3) is 2.30. The van der Waals surface area contributed by atoms with Crippen LogP contribution >= 0.6 is 0 Å². The third-order valence-corrected chi connectivity index (χ3v) is 3.48. The minimum absolute atomic E-state index is 1.15. The topological polar surface area (TPSA) is 0 Å². The van der Waals surface area contributed by atoms with Gasteiger partial charge in [-0.15, -0.1) is 0 Å². The van der Waals surface area contributed by atoms with Gasteiger partial charge in [-0.1, -0.05) is 72.8 Å². The maximum Gasteiger partial charge on any atom is -0.0178 e. The number of fused-ring (bicyclic) bond motifs is 1. The fraction of sp³-hybridized carbons (Fsp3) is 0.0526. The van der Waals surface area contributed by atoms with Crippen LogP contribution in [-0.2, 0) is 0 Å². The van der Waals surface area contributed by atoms with Gasteiger partial charge in [0.15, 0.2) is 0 Å². The van der Waals surface area contributed by atoms with Crippen molar-refractivity contribution in [1.82, 2.24) is 0 Å². The van der Waals surface area contributed by atoms with Crippen molar-refractivity contribution >= 4 is 16.8 Å². The van der Waals surface area contributed by atoms with E-state index in [9.17, 15) is 0 Å². The van der Waals surface area contributed by atoms with Crippen molar-refractivity contribution in [2.45, 2.75) is 6.92 Å². The lowest BCUT2D eigenvalue weighted by molar-refractivity contribution is 1.50. The molecular formula is C19H16. The standard InChI is InChI=1S/C19H16/c1-3-15-5-8-16(9-6-15)18-11-10-17-12-14(2)4-7-19(17)13-18/h3-13H,1H2,2H3. The van der Waals surface area contributed by atoms with Gasteiger partial charge in [-0.25, -0.2) is 0 Å². The summed E-state index contributed by atoms with van der Waals surface area (Å²) in [5.74, 6) is 0. The van der Waals surface area contributed by atoms with Crippen LogP contribution in [0.4, 0.5) is 0 Å². The highest BCUT2D eigenvalue weighted by molar-refractivity contribution is 5.87. The van der Waals surface area contributed by atoms with Gasteiger partial charge in [0.1, 0.15) is 0 Å². The lowest BCUT2D eigenvalue weighted by atomic mass is 9.99. The first-order valence-corrected chi connectivity index (χ1v) is 6.49. The van der Waals surface area contributed by atoms with E-state index >= 15 is 0 Å². The smallest absolute Gasteiger partial charge is 0.0178 e. The number of aryl methyl sites for hydroxylation is 1. The molecular weight excluding hydrogens is 228 g/mol. The van der Waals surface area contributed by atoms with E-state index in [2.05, 4.69) is 74.2 Å². The first kappa shape index (κ1) is 11.7. The summed E-state index contributed by atoms with van der Waals surface area (Å²) in [6.07, 6.45) is 1.87. The molecule has 0 N–H and O–H groups in total. The molecule has 3 rings (SSSR count). The second-order valence-electron chi connectivity index (χ2n) is 4.89. The monoisotopic (exact) mass is 244 g/mol. The van der Waals surface area contributed by atoms with Crippen LogP contribution in [0.1, 0.15) is 11.1 Å². The summed E-state index contributed by atoms with van der Waals surface area (Å²) in [4.78, 5) is 0. The van der Waals surface area contributed by atoms with Crippen molar-refractivity contribution in [3.63, 3.8) is 0 Å². The predicted molar refractivity (Wildman–Crippen MR) is 84.2 cm³/mol. The SMILES string of the molecule is C=Cc1ccc(-c2ccc3cc(C)ccc3c2)cc1. The van der Waals surface area contributed by atoms with Crippen LogP contribution in [-0.4, -0.2) is 0 Å². The van der Waals surface area contributed by atoms with Crippen LogP contribution in [0, 0.1) is 6.92 Å². The molecule has 0 radical (unpaired) electrons. The van der Waals surface area contributed by atoms with Gasteiger partial charge in [-0.3, -0.25) is 0 Å². The average molecular weight is 244 g/mol. The van der Waals surface area contributed by atoms with Crippen LogP contribution < -0.4 is 0 Å². The molecule has 0 heteroatoms. The van der Waals surface area contributed by atoms with Gasteiger partial charge < -0.3 is 0 Å². The molecule has 0 bridgehead atoms. The highest BCUT2D eigenvalue weighted by atomic mass is 14.0. The summed E-state index contributed by atoms with van der Waals surface area (Å²) in [5.41, 5.74) is 4.95. The molecule has 0 spiro atoms. The van der Waals surface area contributed by atoms with Crippen molar-refractivity contribution in [3.05, 3.63) is 78.4 Å². The Balaban J connectivity index is 2.09. The van der Waals surface area contributed by atoms with Gasteiger partial charge in [0, 0.05) is 0 Å². The second-order valence-corrected chi connectivity index (χ2v) is 4.89. The van der Waals surface area contributed by atoms with E-state index in [0.717, 1.165) is 5.56 Å². The fourth-order valence-electron chi connectivity index (χ4n) is 2.36. The minimum atomic E-state index is 1.15. The number of hydrogen-bond donors (Lipinski definition) is 0. The molecule has 0 saturated heterocycles. The Hall–Kier alpha value is -2.34. The van der Waals surface area contributed by atoms with Crippen molar-refractivity contribution in [2.24, 2.45) is 0 Å². The van der Waals surface area contributed by atoms with Gasteiger partial charge in [-0.05, 0) is 40.5 Å². The highest BCUT2D eigenvalue weighted by Gasteiger charge is 2.00. The summed E-state index contributed by atoms with van der Waals surface area (Å²) in [6, 6.07) is 21.7. The molecule has 0 aliphatic carbocycles. The van der Waals surface area contributed by atoms with E-state index in [1.807, 2.05) is 6.08 Å². The zero-order chi connectivity index (χ0) is 13.2. The first-order valence-electron chi connectivity index (χ1n) is 6.49. The van der Waals surface area contributed by atoms with Crippen LogP contribution in [0.25, 0.3) is 28.0 Å². The van der Waals surface area contributed by atoms with Crippen molar-refractivity contribution in [3.8, 4) is 11.1 Å². The van der Waals surface area contributed by atoms with Crippen molar-refractivity contribution in [1.29, 1.82) is 0 Å². The number of benzene rings is 3. The van der Waals surface area contributed by atoms with Gasteiger partial charge >= 0.3 is 0 Å². The molecule has 0 unspecified atom stereocenters. The van der Waals surface area contributed by atoms with E-state index in [4.69, 9.17) is 0 Å². The largest absolute Gasteiger partial charge is 0.0985 e. The Morgan fingerprint density at radius 2 is 1.37 bits per heavy atom. The Morgan fingerprint density at radius 1 is 0.737 bits per heavy atom. The van der Waals surface area contributed by atoms with E-state index in [0.29, 0.717) is 0 Å². The second kappa shape index (κ2) is 4.74. The maximum atomic E-state index is 3.78. The molecule has 92 valence electrons. The Kier molecular flexibility index (Phi) is 2.92. The zero-order valence-electron chi connectivity index (χ0n) is 11.1. The van der Waals surface area contributed by atoms with Crippen LogP contribution in [0.5, 0.6) is 0 Å². The van der Waals surface area contributed by atoms with Crippen LogP contribution in [0.3, 0.4) is 0 Å².